The summed E-state index contributed by atoms with van der Waals surface area (Å²) >= 11 is 0. The van der Waals surface area contributed by atoms with Crippen LogP contribution in [-0.2, 0) is 19.3 Å². The van der Waals surface area contributed by atoms with Crippen LogP contribution in [0.4, 0.5) is 0 Å². The maximum Gasteiger partial charge on any atom is -0.0146 e. The summed E-state index contributed by atoms with van der Waals surface area (Å²) in [5.74, 6) is 0. The van der Waals surface area contributed by atoms with Crippen LogP contribution >= 0.6 is 0 Å². The van der Waals surface area contributed by atoms with Gasteiger partial charge in [0.2, 0.25) is 0 Å². The van der Waals surface area contributed by atoms with E-state index in [1.807, 2.05) is 0 Å². The van der Waals surface area contributed by atoms with Gasteiger partial charge in [-0.15, -0.1) is 0 Å². The third-order valence-electron chi connectivity index (χ3n) is 3.23. The Kier molecular flexibility index (Phi) is 6.22. The van der Waals surface area contributed by atoms with Crippen molar-refractivity contribution in [1.29, 1.82) is 0 Å². The summed E-state index contributed by atoms with van der Waals surface area (Å²) in [6.45, 7) is 6.77. The zero-order valence-corrected chi connectivity index (χ0v) is 11.1. The Hall–Kier alpha value is -0.780. The molecule has 1 radical (unpaired) electrons. The van der Waals surface area contributed by atoms with E-state index in [1.165, 1.54) is 44.1 Å². The molecule has 1 aromatic rings. The average Bonchev–Trinajstić information content (AvgIpc) is 2.33. The molecule has 1 aromatic carbocycles. The molecule has 0 saturated carbocycles. The predicted molar refractivity (Wildman–Crippen MR) is 71.9 cm³/mol. The molecular weight excluding hydrogens is 192 g/mol. The van der Waals surface area contributed by atoms with Crippen LogP contribution in [0.2, 0.25) is 0 Å². The lowest BCUT2D eigenvalue weighted by Crippen LogP contribution is -2.00. The zero-order chi connectivity index (χ0) is 11.8. The Morgan fingerprint density at radius 1 is 1.00 bits per heavy atom. The fourth-order valence-corrected chi connectivity index (χ4v) is 2.21. The minimum Gasteiger partial charge on any atom is -0.0654 e. The fraction of sp³-hybridized carbons (Fsp3) is 0.625. The number of rotatable bonds is 7. The molecule has 0 amide bonds. The van der Waals surface area contributed by atoms with E-state index < -0.39 is 0 Å². The van der Waals surface area contributed by atoms with Crippen molar-refractivity contribution in [2.75, 3.05) is 0 Å². The van der Waals surface area contributed by atoms with Gasteiger partial charge in [-0.05, 0) is 54.9 Å². The quantitative estimate of drug-likeness (QED) is 0.619. The third kappa shape index (κ3) is 3.66. The number of aryl methyl sites for hydroxylation is 2. The number of benzene rings is 1. The van der Waals surface area contributed by atoms with E-state index in [0.717, 1.165) is 6.42 Å². The standard InChI is InChI=1S/C16H25/c1-4-7-10-15-12-9-11-14(6-3)16(15)13-8-5-2/h9,12H,4-8,10,13H2,1-3H3. The molecular formula is C16H25. The number of hydrogen-bond donors (Lipinski definition) is 0. The first kappa shape index (κ1) is 13.3. The summed E-state index contributed by atoms with van der Waals surface area (Å²) in [7, 11) is 0. The van der Waals surface area contributed by atoms with Gasteiger partial charge in [-0.1, -0.05) is 45.7 Å². The van der Waals surface area contributed by atoms with E-state index in [4.69, 9.17) is 0 Å². The highest BCUT2D eigenvalue weighted by molar-refractivity contribution is 5.35. The Morgan fingerprint density at radius 2 is 1.69 bits per heavy atom. The first-order valence-electron chi connectivity index (χ1n) is 6.84. The second-order valence-corrected chi connectivity index (χ2v) is 4.52. The Labute approximate surface area is 101 Å². The Bertz CT molecular complexity index is 299. The molecule has 0 heteroatoms. The lowest BCUT2D eigenvalue weighted by atomic mass is 9.92. The first-order valence-corrected chi connectivity index (χ1v) is 6.84. The topological polar surface area (TPSA) is 0 Å². The SMILES string of the molecule is CCCCc1cc[c]c(CC)c1CCCC. The van der Waals surface area contributed by atoms with Gasteiger partial charge in [0.05, 0.1) is 0 Å². The number of hydrogen-bond acceptors (Lipinski definition) is 0. The van der Waals surface area contributed by atoms with Crippen molar-refractivity contribution >= 4 is 0 Å². The molecule has 0 unspecified atom stereocenters. The third-order valence-corrected chi connectivity index (χ3v) is 3.23. The minimum atomic E-state index is 1.12. The molecule has 0 heterocycles. The molecule has 89 valence electrons. The largest absolute Gasteiger partial charge is 0.0654 e. The van der Waals surface area contributed by atoms with Crippen molar-refractivity contribution in [2.24, 2.45) is 0 Å². The molecule has 0 aliphatic rings. The molecule has 0 bridgehead atoms. The first-order chi connectivity index (χ1) is 7.83. The molecule has 16 heavy (non-hydrogen) atoms. The monoisotopic (exact) mass is 217 g/mol. The highest BCUT2D eigenvalue weighted by Gasteiger charge is 2.06. The van der Waals surface area contributed by atoms with Gasteiger partial charge < -0.3 is 0 Å². The van der Waals surface area contributed by atoms with Crippen molar-refractivity contribution in [3.05, 3.63) is 34.9 Å². The van der Waals surface area contributed by atoms with E-state index in [-0.39, 0.29) is 0 Å². The molecule has 0 aliphatic heterocycles. The average molecular weight is 217 g/mol. The summed E-state index contributed by atoms with van der Waals surface area (Å²) in [5.41, 5.74) is 4.62. The van der Waals surface area contributed by atoms with Gasteiger partial charge in [-0.25, -0.2) is 0 Å². The van der Waals surface area contributed by atoms with Gasteiger partial charge in [0, 0.05) is 0 Å². The van der Waals surface area contributed by atoms with E-state index in [2.05, 4.69) is 39.0 Å². The van der Waals surface area contributed by atoms with Gasteiger partial charge >= 0.3 is 0 Å². The molecule has 0 aromatic heterocycles. The van der Waals surface area contributed by atoms with Crippen LogP contribution in [0.15, 0.2) is 12.1 Å². The molecule has 1 rings (SSSR count). The normalized spacial score (nSPS) is 10.7. The second-order valence-electron chi connectivity index (χ2n) is 4.52. The van der Waals surface area contributed by atoms with Crippen molar-refractivity contribution in [1.82, 2.24) is 0 Å². The smallest absolute Gasteiger partial charge is 0.0146 e. The molecule has 0 N–H and O–H groups in total. The van der Waals surface area contributed by atoms with Crippen LogP contribution in [0.3, 0.4) is 0 Å². The van der Waals surface area contributed by atoms with Gasteiger partial charge in [-0.3, -0.25) is 0 Å². The van der Waals surface area contributed by atoms with Crippen LogP contribution in [-0.4, -0.2) is 0 Å². The molecule has 0 atom stereocenters. The van der Waals surface area contributed by atoms with Crippen LogP contribution in [0.1, 0.15) is 63.1 Å². The number of unbranched alkanes of at least 4 members (excludes halogenated alkanes) is 2. The van der Waals surface area contributed by atoms with E-state index >= 15 is 0 Å². The molecule has 0 nitrogen and oxygen atoms in total. The van der Waals surface area contributed by atoms with E-state index in [9.17, 15) is 0 Å². The zero-order valence-electron chi connectivity index (χ0n) is 11.1. The molecule has 0 aliphatic carbocycles. The van der Waals surface area contributed by atoms with Gasteiger partial charge in [0.15, 0.2) is 0 Å². The minimum absolute atomic E-state index is 1.12. The summed E-state index contributed by atoms with van der Waals surface area (Å²) in [6.07, 6.45) is 8.81. The summed E-state index contributed by atoms with van der Waals surface area (Å²) in [5, 5.41) is 0. The van der Waals surface area contributed by atoms with E-state index in [0.29, 0.717) is 0 Å². The maximum atomic E-state index is 3.41. The van der Waals surface area contributed by atoms with Crippen molar-refractivity contribution < 1.29 is 0 Å². The molecule has 0 saturated heterocycles. The lowest BCUT2D eigenvalue weighted by molar-refractivity contribution is 0.751. The van der Waals surface area contributed by atoms with Crippen LogP contribution in [0.5, 0.6) is 0 Å². The Morgan fingerprint density at radius 3 is 2.31 bits per heavy atom. The van der Waals surface area contributed by atoms with Crippen molar-refractivity contribution in [2.45, 2.75) is 65.7 Å². The van der Waals surface area contributed by atoms with Crippen LogP contribution in [0.25, 0.3) is 0 Å². The summed E-state index contributed by atoms with van der Waals surface area (Å²) < 4.78 is 0. The van der Waals surface area contributed by atoms with Gasteiger partial charge in [-0.2, -0.15) is 0 Å². The highest BCUT2D eigenvalue weighted by atomic mass is 14.1. The molecule has 0 fully saturated rings. The lowest BCUT2D eigenvalue weighted by Gasteiger charge is -2.13. The van der Waals surface area contributed by atoms with Gasteiger partial charge in [0.25, 0.3) is 0 Å². The highest BCUT2D eigenvalue weighted by Crippen LogP contribution is 2.19. The van der Waals surface area contributed by atoms with Crippen molar-refractivity contribution in [3.8, 4) is 0 Å². The van der Waals surface area contributed by atoms with Gasteiger partial charge in [0.1, 0.15) is 0 Å². The fourth-order valence-electron chi connectivity index (χ4n) is 2.21. The molecule has 0 spiro atoms. The summed E-state index contributed by atoms with van der Waals surface area (Å²) in [6, 6.07) is 7.80. The summed E-state index contributed by atoms with van der Waals surface area (Å²) in [4.78, 5) is 0. The van der Waals surface area contributed by atoms with E-state index in [1.54, 1.807) is 11.1 Å². The predicted octanol–water partition coefficient (Wildman–Crippen LogP) is 4.73. The van der Waals surface area contributed by atoms with Crippen LogP contribution in [0, 0.1) is 6.07 Å². The second kappa shape index (κ2) is 7.49. The Balaban J connectivity index is 2.86. The maximum absolute atomic E-state index is 3.41. The van der Waals surface area contributed by atoms with Crippen molar-refractivity contribution in [3.63, 3.8) is 0 Å². The van der Waals surface area contributed by atoms with Crippen LogP contribution < -0.4 is 0 Å².